The van der Waals surface area contributed by atoms with Crippen LogP contribution in [0.4, 0.5) is 0 Å². The van der Waals surface area contributed by atoms with Crippen LogP contribution in [0.15, 0.2) is 0 Å². The van der Waals surface area contributed by atoms with Crippen LogP contribution >= 0.6 is 0 Å². The van der Waals surface area contributed by atoms with Gasteiger partial charge >= 0.3 is 0 Å². The van der Waals surface area contributed by atoms with Crippen molar-refractivity contribution in [1.29, 1.82) is 0 Å². The summed E-state index contributed by atoms with van der Waals surface area (Å²) in [6, 6.07) is 0. The molecule has 0 rings (SSSR count). The maximum Gasteiger partial charge on any atom is 0.187 e. The van der Waals surface area contributed by atoms with Gasteiger partial charge in [0.2, 0.25) is 0 Å². The van der Waals surface area contributed by atoms with Crippen LogP contribution < -0.4 is 0 Å². The van der Waals surface area contributed by atoms with Crippen molar-refractivity contribution in [3.63, 3.8) is 0 Å². The Balaban J connectivity index is 0. The molecular weight excluding hydrogens is 359 g/mol. The van der Waals surface area contributed by atoms with E-state index in [1.54, 1.807) is 0 Å². The Hall–Kier alpha value is 3.42. The molecule has 0 aliphatic heterocycles. The molecule has 0 spiro atoms. The molecule has 22 valence electrons. The maximum absolute atomic E-state index is 0. The fraction of sp³-hybridized carbons (Fsp3) is 0. The van der Waals surface area contributed by atoms with E-state index >= 15 is 0 Å². The van der Waals surface area contributed by atoms with Crippen molar-refractivity contribution in [3.05, 3.63) is 0 Å². The van der Waals surface area contributed by atoms with E-state index in [9.17, 15) is 0 Å². The zero-order valence-electron chi connectivity index (χ0n) is 1.35. The zero-order valence-corrected chi connectivity index (χ0v) is 8.69. The van der Waals surface area contributed by atoms with Gasteiger partial charge in [0.25, 0.3) is 0 Å². The summed E-state index contributed by atoms with van der Waals surface area (Å²) in [5.41, 5.74) is 0. The van der Waals surface area contributed by atoms with Gasteiger partial charge in [-0.25, -0.2) is 0 Å². The minimum absolute atomic E-state index is 0. The van der Waals surface area contributed by atoms with E-state index in [0.29, 0.717) is 0 Å². The number of rotatable bonds is 0. The second-order valence-electron chi connectivity index (χ2n) is 0. The predicted molar refractivity (Wildman–Crippen MR) is 9.94 cm³/mol. The molecule has 4 heteroatoms. The molecule has 0 aromatic carbocycles. The summed E-state index contributed by atoms with van der Waals surface area (Å²) < 4.78 is 0. The number of hydrogen-bond donors (Lipinski definition) is 0. The van der Waals surface area contributed by atoms with E-state index < -0.39 is 0 Å². The van der Waals surface area contributed by atoms with Gasteiger partial charge < -0.3 is 0 Å². The van der Waals surface area contributed by atoms with E-state index in [2.05, 4.69) is 0 Å². The molecule has 0 aliphatic carbocycles. The van der Waals surface area contributed by atoms with E-state index in [4.69, 9.17) is 0 Å². The molecule has 0 fully saturated rings. The average Bonchev–Trinajstić information content (AvgIpc) is 0. The quantitative estimate of drug-likeness (QED) is 0.476. The second-order valence-corrected chi connectivity index (χ2v) is 0. The van der Waals surface area contributed by atoms with Crippen molar-refractivity contribution in [2.45, 2.75) is 0 Å². The van der Waals surface area contributed by atoms with Crippen LogP contribution in [0.1, 0.15) is 0 Å². The molecule has 0 N–H and O–H groups in total. The van der Waals surface area contributed by atoms with Crippen molar-refractivity contribution in [2.75, 3.05) is 0 Å². The third kappa shape index (κ3) is 9.05. The minimum atomic E-state index is 0. The van der Waals surface area contributed by atoms with E-state index in [1.165, 1.54) is 0 Å². The second kappa shape index (κ2) is 16.1. The van der Waals surface area contributed by atoms with Crippen molar-refractivity contribution in [1.82, 2.24) is 0 Å². The average molecular weight is 362 g/mol. The SMILES string of the molecule is [AlH3].[Ce].[Ru].[Zr]. The Labute approximate surface area is 102 Å². The molecule has 0 aliphatic rings. The van der Waals surface area contributed by atoms with Crippen LogP contribution in [0.3, 0.4) is 0 Å². The Kier molecular flexibility index (Phi) is 105. The first-order valence-electron chi connectivity index (χ1n) is 0. The van der Waals surface area contributed by atoms with Crippen LogP contribution in [0.25, 0.3) is 0 Å². The van der Waals surface area contributed by atoms with Crippen molar-refractivity contribution < 1.29 is 87.4 Å². The minimum Gasteiger partial charge on any atom is 0 e. The first-order valence-corrected chi connectivity index (χ1v) is 0. The largest absolute Gasteiger partial charge is 0.187 e. The number of hydrogen-bond acceptors (Lipinski definition) is 0. The van der Waals surface area contributed by atoms with Crippen molar-refractivity contribution >= 4 is 17.4 Å². The molecule has 0 bridgehead atoms. The molecule has 4 heavy (non-hydrogen) atoms. The first-order chi connectivity index (χ1) is 0. The maximum atomic E-state index is 0. The summed E-state index contributed by atoms with van der Waals surface area (Å²) in [5, 5.41) is 0. The third-order valence-corrected chi connectivity index (χ3v) is 0. The topological polar surface area (TPSA) is 0 Å². The summed E-state index contributed by atoms with van der Waals surface area (Å²) in [5.74, 6) is 0. The normalized spacial score (nSPS) is 0. The summed E-state index contributed by atoms with van der Waals surface area (Å²) in [7, 11) is 0. The molecule has 0 amide bonds. The fourth-order valence-electron chi connectivity index (χ4n) is 0. The van der Waals surface area contributed by atoms with E-state index in [-0.39, 0.29) is 105 Å². The monoisotopic (exact) mass is 362 g/mol. The van der Waals surface area contributed by atoms with Gasteiger partial charge in [-0.05, 0) is 0 Å². The molecular formula is H3AlCeRuZr. The molecule has 0 heterocycles. The van der Waals surface area contributed by atoms with Crippen LogP contribution in [0, 0.1) is 41.7 Å². The summed E-state index contributed by atoms with van der Waals surface area (Å²) in [6.07, 6.45) is 0. The van der Waals surface area contributed by atoms with Gasteiger partial charge in [-0.1, -0.05) is 0 Å². The van der Waals surface area contributed by atoms with Gasteiger partial charge in [-0.3, -0.25) is 0 Å². The van der Waals surface area contributed by atoms with Gasteiger partial charge in [-0.2, -0.15) is 0 Å². The predicted octanol–water partition coefficient (Wildman–Crippen LogP) is -1.19. The van der Waals surface area contributed by atoms with Crippen LogP contribution in [0.5, 0.6) is 0 Å². The summed E-state index contributed by atoms with van der Waals surface area (Å²) in [4.78, 5) is 0. The van der Waals surface area contributed by atoms with Crippen LogP contribution in [-0.4, -0.2) is 17.4 Å². The molecule has 0 radical (unpaired) electrons. The third-order valence-electron chi connectivity index (χ3n) is 0. The standard InChI is InChI=1S/Al.Ce.Ru.Zr.3H. The van der Waals surface area contributed by atoms with Gasteiger partial charge in [-0.15, -0.1) is 0 Å². The molecule has 0 saturated carbocycles. The summed E-state index contributed by atoms with van der Waals surface area (Å²) >= 11 is 0. The van der Waals surface area contributed by atoms with Gasteiger partial charge in [0.05, 0.1) is 0 Å². The van der Waals surface area contributed by atoms with Crippen LogP contribution in [-0.2, 0) is 45.7 Å². The van der Waals surface area contributed by atoms with E-state index in [1.807, 2.05) is 0 Å². The molecule has 0 nitrogen and oxygen atoms in total. The molecule has 0 aromatic rings. The summed E-state index contributed by atoms with van der Waals surface area (Å²) in [6.45, 7) is 0. The Bertz CT molecular complexity index is 8.00. The Morgan fingerprint density at radius 3 is 1.00 bits per heavy atom. The first kappa shape index (κ1) is 26.2. The van der Waals surface area contributed by atoms with Crippen LogP contribution in [0.2, 0.25) is 0 Å². The zero-order chi connectivity index (χ0) is 0. The van der Waals surface area contributed by atoms with Crippen molar-refractivity contribution in [2.24, 2.45) is 0 Å². The van der Waals surface area contributed by atoms with Gasteiger partial charge in [0.1, 0.15) is 0 Å². The fourth-order valence-corrected chi connectivity index (χ4v) is 0. The molecule has 0 saturated heterocycles. The van der Waals surface area contributed by atoms with Crippen molar-refractivity contribution in [3.8, 4) is 0 Å². The van der Waals surface area contributed by atoms with Gasteiger partial charge in [0, 0.05) is 87.4 Å². The Morgan fingerprint density at radius 2 is 1.00 bits per heavy atom. The smallest absolute Gasteiger partial charge is 0 e. The van der Waals surface area contributed by atoms with E-state index in [0.717, 1.165) is 0 Å². The molecule has 0 atom stereocenters. The molecule has 0 aromatic heterocycles. The molecule has 0 unspecified atom stereocenters. The Morgan fingerprint density at radius 1 is 1.00 bits per heavy atom. The van der Waals surface area contributed by atoms with Gasteiger partial charge in [0.15, 0.2) is 17.4 Å².